The van der Waals surface area contributed by atoms with E-state index in [4.69, 9.17) is 0 Å². The Labute approximate surface area is 164 Å². The molecule has 0 bridgehead atoms. The molecule has 29 heavy (non-hydrogen) atoms. The normalized spacial score (nSPS) is 15.8. The van der Waals surface area contributed by atoms with Gasteiger partial charge >= 0.3 is 6.18 Å². The first kappa shape index (κ1) is 20.4. The Morgan fingerprint density at radius 1 is 1.03 bits per heavy atom. The Balaban J connectivity index is 2.32. The molecule has 1 heterocycles. The summed E-state index contributed by atoms with van der Waals surface area (Å²) < 4.78 is 40.0. The van der Waals surface area contributed by atoms with Gasteiger partial charge in [-0.2, -0.15) is 13.2 Å². The Morgan fingerprint density at radius 3 is 2.07 bits per heavy atom. The summed E-state index contributed by atoms with van der Waals surface area (Å²) in [5, 5.41) is 0. The third kappa shape index (κ3) is 3.57. The van der Waals surface area contributed by atoms with Crippen LogP contribution in [-0.4, -0.2) is 23.6 Å². The monoisotopic (exact) mass is 403 g/mol. The summed E-state index contributed by atoms with van der Waals surface area (Å²) >= 11 is 0. The maximum Gasteiger partial charge on any atom is 0.416 e. The molecule has 0 spiro atoms. The molecule has 0 saturated carbocycles. The van der Waals surface area contributed by atoms with Crippen LogP contribution in [0.1, 0.15) is 57.3 Å². The number of ketones is 3. The number of aldehydes is 1. The predicted molar refractivity (Wildman–Crippen MR) is 97.9 cm³/mol. The smallest absolute Gasteiger partial charge is 0.351 e. The van der Waals surface area contributed by atoms with Gasteiger partial charge in [-0.1, -0.05) is 24.3 Å². The SMILES string of the molecule is CC(=O)c1cc(C(F)(F)F)cc(C(C)=O)c1N1Cc2ccccc2C1C(=O)C=O. The molecular formula is C21H16F3NO4. The van der Waals surface area contributed by atoms with Crippen molar-refractivity contribution in [1.82, 2.24) is 0 Å². The van der Waals surface area contributed by atoms with Gasteiger partial charge in [-0.05, 0) is 37.1 Å². The predicted octanol–water partition coefficient (Wildman–Crippen LogP) is 3.94. The Morgan fingerprint density at radius 2 is 1.59 bits per heavy atom. The van der Waals surface area contributed by atoms with Crippen LogP contribution in [0.15, 0.2) is 36.4 Å². The lowest BCUT2D eigenvalue weighted by molar-refractivity contribution is -0.137. The third-order valence-corrected chi connectivity index (χ3v) is 4.87. The van der Waals surface area contributed by atoms with Crippen LogP contribution in [0.3, 0.4) is 0 Å². The molecule has 0 N–H and O–H groups in total. The minimum atomic E-state index is -4.76. The van der Waals surface area contributed by atoms with Crippen molar-refractivity contribution in [3.8, 4) is 0 Å². The van der Waals surface area contributed by atoms with Gasteiger partial charge in [0.05, 0.1) is 11.3 Å². The summed E-state index contributed by atoms with van der Waals surface area (Å²) in [5.74, 6) is -2.21. The number of halogens is 3. The van der Waals surface area contributed by atoms with Crippen LogP contribution in [0.5, 0.6) is 0 Å². The molecule has 1 aliphatic rings. The van der Waals surface area contributed by atoms with Crippen molar-refractivity contribution in [1.29, 1.82) is 0 Å². The van der Waals surface area contributed by atoms with Crippen LogP contribution in [0, 0.1) is 0 Å². The fraction of sp³-hybridized carbons (Fsp3) is 0.238. The van der Waals surface area contributed by atoms with Crippen LogP contribution >= 0.6 is 0 Å². The van der Waals surface area contributed by atoms with Gasteiger partial charge in [-0.15, -0.1) is 0 Å². The van der Waals surface area contributed by atoms with E-state index in [1.807, 2.05) is 0 Å². The summed E-state index contributed by atoms with van der Waals surface area (Å²) in [6.45, 7) is 2.23. The molecule has 0 aromatic heterocycles. The van der Waals surface area contributed by atoms with Gasteiger partial charge in [0, 0.05) is 17.7 Å². The number of carbonyl (C=O) groups is 4. The number of carbonyl (C=O) groups excluding carboxylic acids is 4. The van der Waals surface area contributed by atoms with Crippen LogP contribution < -0.4 is 4.90 Å². The minimum Gasteiger partial charge on any atom is -0.351 e. The lowest BCUT2D eigenvalue weighted by Crippen LogP contribution is -2.31. The van der Waals surface area contributed by atoms with E-state index in [1.165, 1.54) is 4.90 Å². The molecule has 1 atom stereocenters. The van der Waals surface area contributed by atoms with Gasteiger partial charge in [0.1, 0.15) is 6.04 Å². The van der Waals surface area contributed by atoms with Crippen molar-refractivity contribution in [2.24, 2.45) is 0 Å². The molecule has 0 aliphatic carbocycles. The first-order valence-corrected chi connectivity index (χ1v) is 8.66. The molecule has 0 fully saturated rings. The van der Waals surface area contributed by atoms with Gasteiger partial charge in [-0.25, -0.2) is 0 Å². The van der Waals surface area contributed by atoms with Crippen molar-refractivity contribution in [3.63, 3.8) is 0 Å². The highest BCUT2D eigenvalue weighted by atomic mass is 19.4. The molecule has 1 unspecified atom stereocenters. The molecule has 1 aliphatic heterocycles. The zero-order chi connectivity index (χ0) is 21.5. The summed E-state index contributed by atoms with van der Waals surface area (Å²) in [4.78, 5) is 49.5. The fourth-order valence-corrected chi connectivity index (χ4v) is 3.61. The highest BCUT2D eigenvalue weighted by Gasteiger charge is 2.40. The Hall–Kier alpha value is -3.29. The average molecular weight is 403 g/mol. The molecule has 150 valence electrons. The van der Waals surface area contributed by atoms with Crippen LogP contribution in [0.25, 0.3) is 0 Å². The third-order valence-electron chi connectivity index (χ3n) is 4.87. The van der Waals surface area contributed by atoms with E-state index in [1.54, 1.807) is 24.3 Å². The molecule has 0 saturated heterocycles. The number of rotatable bonds is 5. The number of benzene rings is 2. The molecular weight excluding hydrogens is 387 g/mol. The second-order valence-corrected chi connectivity index (χ2v) is 6.78. The molecule has 3 rings (SSSR count). The van der Waals surface area contributed by atoms with Gasteiger partial charge < -0.3 is 4.90 Å². The second kappa shape index (κ2) is 7.27. The molecule has 0 radical (unpaired) electrons. The van der Waals surface area contributed by atoms with Crippen molar-refractivity contribution in [2.75, 3.05) is 4.90 Å². The molecule has 5 nitrogen and oxygen atoms in total. The van der Waals surface area contributed by atoms with Crippen molar-refractivity contribution in [2.45, 2.75) is 32.6 Å². The van der Waals surface area contributed by atoms with E-state index in [-0.39, 0.29) is 29.6 Å². The summed E-state index contributed by atoms with van der Waals surface area (Å²) in [6.07, 6.45) is -4.64. The lowest BCUT2D eigenvalue weighted by atomic mass is 9.95. The average Bonchev–Trinajstić information content (AvgIpc) is 3.04. The van der Waals surface area contributed by atoms with Crippen molar-refractivity contribution < 1.29 is 32.3 Å². The number of hydrogen-bond acceptors (Lipinski definition) is 5. The summed E-state index contributed by atoms with van der Waals surface area (Å²) in [5.41, 5.74) is -0.686. The minimum absolute atomic E-state index is 0.0618. The van der Waals surface area contributed by atoms with E-state index >= 15 is 0 Å². The van der Waals surface area contributed by atoms with Gasteiger partial charge in [0.2, 0.25) is 5.78 Å². The fourth-order valence-electron chi connectivity index (χ4n) is 3.61. The van der Waals surface area contributed by atoms with Crippen LogP contribution in [-0.2, 0) is 22.3 Å². The molecule has 2 aromatic carbocycles. The van der Waals surface area contributed by atoms with Crippen LogP contribution in [0.4, 0.5) is 18.9 Å². The van der Waals surface area contributed by atoms with Gasteiger partial charge in [-0.3, -0.25) is 19.2 Å². The summed E-state index contributed by atoms with van der Waals surface area (Å²) in [6, 6.07) is 6.95. The number of fused-ring (bicyclic) bond motifs is 1. The lowest BCUT2D eigenvalue weighted by Gasteiger charge is -2.29. The van der Waals surface area contributed by atoms with Crippen molar-refractivity contribution >= 4 is 29.3 Å². The standard InChI is InChI=1S/C21H16F3NO4/c1-11(27)16-7-14(21(22,23)24)8-17(12(2)28)19(16)25-9-13-5-3-4-6-15(13)20(25)18(29)10-26/h3-8,10,20H,9H2,1-2H3. The highest BCUT2D eigenvalue weighted by Crippen LogP contribution is 2.43. The first-order chi connectivity index (χ1) is 13.6. The van der Waals surface area contributed by atoms with Gasteiger partial charge in [0.25, 0.3) is 0 Å². The summed E-state index contributed by atoms with van der Waals surface area (Å²) in [7, 11) is 0. The number of anilines is 1. The maximum atomic E-state index is 13.3. The van der Waals surface area contributed by atoms with Crippen LogP contribution in [0.2, 0.25) is 0 Å². The topological polar surface area (TPSA) is 71.5 Å². The van der Waals surface area contributed by atoms with E-state index in [2.05, 4.69) is 0 Å². The Bertz CT molecular complexity index is 1010. The van der Waals surface area contributed by atoms with E-state index in [9.17, 15) is 32.3 Å². The van der Waals surface area contributed by atoms with E-state index in [0.717, 1.165) is 13.8 Å². The number of Topliss-reactive ketones (excluding diaryl/α,β-unsaturated/α-hetero) is 3. The Kier molecular flexibility index (Phi) is 5.13. The first-order valence-electron chi connectivity index (χ1n) is 8.66. The van der Waals surface area contributed by atoms with E-state index in [0.29, 0.717) is 23.3 Å². The number of alkyl halides is 3. The van der Waals surface area contributed by atoms with Crippen molar-refractivity contribution in [3.05, 3.63) is 64.2 Å². The molecule has 8 heteroatoms. The van der Waals surface area contributed by atoms with Gasteiger partial charge in [0.15, 0.2) is 17.9 Å². The molecule has 0 amide bonds. The quantitative estimate of drug-likeness (QED) is 0.430. The largest absolute Gasteiger partial charge is 0.416 e. The number of hydrogen-bond donors (Lipinski definition) is 0. The zero-order valence-corrected chi connectivity index (χ0v) is 15.5. The number of nitrogens with zero attached hydrogens (tertiary/aromatic N) is 1. The molecule has 2 aromatic rings. The zero-order valence-electron chi connectivity index (χ0n) is 15.5. The second-order valence-electron chi connectivity index (χ2n) is 6.78. The van der Waals surface area contributed by atoms with E-state index < -0.39 is 35.1 Å². The highest BCUT2D eigenvalue weighted by molar-refractivity contribution is 6.29. The maximum absolute atomic E-state index is 13.3.